The standard InChI is InChI=1S/C15H20N2O2S/c1-4-19-14-7-5-6-12(15(14)18-3)8-16-9-13-10-20-11(2)17-13/h5-7,10,16H,4,8-9H2,1-3H3. The van der Waals surface area contributed by atoms with Crippen LogP contribution in [-0.4, -0.2) is 18.7 Å². The number of benzene rings is 1. The number of thiazole rings is 1. The van der Waals surface area contributed by atoms with Crippen LogP contribution < -0.4 is 14.8 Å². The van der Waals surface area contributed by atoms with E-state index in [9.17, 15) is 0 Å². The van der Waals surface area contributed by atoms with Crippen molar-refractivity contribution in [1.29, 1.82) is 0 Å². The van der Waals surface area contributed by atoms with Gasteiger partial charge in [-0.15, -0.1) is 11.3 Å². The summed E-state index contributed by atoms with van der Waals surface area (Å²) in [6, 6.07) is 5.95. The van der Waals surface area contributed by atoms with Crippen molar-refractivity contribution in [3.05, 3.63) is 39.8 Å². The maximum atomic E-state index is 5.57. The molecule has 4 nitrogen and oxygen atoms in total. The van der Waals surface area contributed by atoms with Crippen LogP contribution in [0.15, 0.2) is 23.6 Å². The van der Waals surface area contributed by atoms with Gasteiger partial charge in [-0.1, -0.05) is 12.1 Å². The summed E-state index contributed by atoms with van der Waals surface area (Å²) in [6.07, 6.45) is 0. The van der Waals surface area contributed by atoms with E-state index in [1.807, 2.05) is 32.0 Å². The number of aryl methyl sites for hydroxylation is 1. The molecule has 108 valence electrons. The molecular formula is C15H20N2O2S. The molecule has 0 spiro atoms. The molecule has 1 heterocycles. The fourth-order valence-electron chi connectivity index (χ4n) is 2.02. The van der Waals surface area contributed by atoms with Crippen LogP contribution in [0.25, 0.3) is 0 Å². The third-order valence-electron chi connectivity index (χ3n) is 2.85. The second-order valence-electron chi connectivity index (χ2n) is 4.34. The minimum absolute atomic E-state index is 0.630. The lowest BCUT2D eigenvalue weighted by Crippen LogP contribution is -2.14. The van der Waals surface area contributed by atoms with Crippen molar-refractivity contribution in [1.82, 2.24) is 10.3 Å². The largest absolute Gasteiger partial charge is 0.493 e. The number of aromatic nitrogens is 1. The lowest BCUT2D eigenvalue weighted by molar-refractivity contribution is 0.308. The van der Waals surface area contributed by atoms with Gasteiger partial charge >= 0.3 is 0 Å². The van der Waals surface area contributed by atoms with Crippen molar-refractivity contribution in [3.63, 3.8) is 0 Å². The first-order valence-corrected chi connectivity index (χ1v) is 7.53. The van der Waals surface area contributed by atoms with Gasteiger partial charge in [0.15, 0.2) is 11.5 Å². The zero-order valence-electron chi connectivity index (χ0n) is 12.1. The molecule has 20 heavy (non-hydrogen) atoms. The van der Waals surface area contributed by atoms with E-state index in [0.29, 0.717) is 6.61 Å². The van der Waals surface area contributed by atoms with Crippen LogP contribution in [0.3, 0.4) is 0 Å². The lowest BCUT2D eigenvalue weighted by Gasteiger charge is -2.13. The van der Waals surface area contributed by atoms with Gasteiger partial charge in [0.05, 0.1) is 24.4 Å². The Morgan fingerprint density at radius 1 is 1.30 bits per heavy atom. The Kier molecular flexibility index (Phi) is 5.38. The predicted molar refractivity (Wildman–Crippen MR) is 81.6 cm³/mol. The number of hydrogen-bond acceptors (Lipinski definition) is 5. The maximum absolute atomic E-state index is 5.57. The Labute approximate surface area is 123 Å². The second kappa shape index (κ2) is 7.26. The van der Waals surface area contributed by atoms with Crippen LogP contribution in [0.5, 0.6) is 11.5 Å². The van der Waals surface area contributed by atoms with Crippen molar-refractivity contribution in [3.8, 4) is 11.5 Å². The van der Waals surface area contributed by atoms with E-state index >= 15 is 0 Å². The summed E-state index contributed by atoms with van der Waals surface area (Å²) >= 11 is 1.67. The summed E-state index contributed by atoms with van der Waals surface area (Å²) in [5.41, 5.74) is 2.16. The second-order valence-corrected chi connectivity index (χ2v) is 5.41. The number of rotatable bonds is 7. The fraction of sp³-hybridized carbons (Fsp3) is 0.400. The molecule has 0 unspecified atom stereocenters. The molecule has 0 bridgehead atoms. The highest BCUT2D eigenvalue weighted by Crippen LogP contribution is 2.30. The molecule has 5 heteroatoms. The van der Waals surface area contributed by atoms with Gasteiger partial charge in [0.1, 0.15) is 0 Å². The van der Waals surface area contributed by atoms with Crippen molar-refractivity contribution < 1.29 is 9.47 Å². The van der Waals surface area contributed by atoms with Gasteiger partial charge in [-0.05, 0) is 19.9 Å². The Morgan fingerprint density at radius 3 is 2.80 bits per heavy atom. The number of hydrogen-bond donors (Lipinski definition) is 1. The minimum atomic E-state index is 0.630. The molecule has 0 aliphatic rings. The number of nitrogens with zero attached hydrogens (tertiary/aromatic N) is 1. The molecule has 0 saturated heterocycles. The van der Waals surface area contributed by atoms with E-state index < -0.39 is 0 Å². The molecule has 0 radical (unpaired) electrons. The van der Waals surface area contributed by atoms with Crippen LogP contribution >= 0.6 is 11.3 Å². The molecule has 0 aliphatic heterocycles. The molecule has 0 fully saturated rings. The number of nitrogens with one attached hydrogen (secondary N) is 1. The molecule has 1 aromatic heterocycles. The first kappa shape index (κ1) is 14.8. The van der Waals surface area contributed by atoms with E-state index in [1.54, 1.807) is 18.4 Å². The van der Waals surface area contributed by atoms with Crippen molar-refractivity contribution in [2.45, 2.75) is 26.9 Å². The topological polar surface area (TPSA) is 43.4 Å². The van der Waals surface area contributed by atoms with Gasteiger partial charge < -0.3 is 14.8 Å². The van der Waals surface area contributed by atoms with Crippen LogP contribution in [0.4, 0.5) is 0 Å². The normalized spacial score (nSPS) is 10.6. The van der Waals surface area contributed by atoms with Crippen molar-refractivity contribution in [2.24, 2.45) is 0 Å². The highest BCUT2D eigenvalue weighted by atomic mass is 32.1. The average Bonchev–Trinajstić information content (AvgIpc) is 2.85. The fourth-order valence-corrected chi connectivity index (χ4v) is 2.63. The molecule has 0 saturated carbocycles. The smallest absolute Gasteiger partial charge is 0.165 e. The molecule has 2 rings (SSSR count). The lowest BCUT2D eigenvalue weighted by atomic mass is 10.2. The molecule has 0 atom stereocenters. The van der Waals surface area contributed by atoms with Crippen LogP contribution in [0.1, 0.15) is 23.2 Å². The quantitative estimate of drug-likeness (QED) is 0.851. The number of para-hydroxylation sites is 1. The predicted octanol–water partition coefficient (Wildman–Crippen LogP) is 3.15. The highest BCUT2D eigenvalue weighted by molar-refractivity contribution is 7.09. The summed E-state index contributed by atoms with van der Waals surface area (Å²) in [5, 5.41) is 6.56. The van der Waals surface area contributed by atoms with Crippen molar-refractivity contribution >= 4 is 11.3 Å². The summed E-state index contributed by atoms with van der Waals surface area (Å²) < 4.78 is 11.0. The van der Waals surface area contributed by atoms with Gasteiger partial charge in [0.2, 0.25) is 0 Å². The number of methoxy groups -OCH3 is 1. The SMILES string of the molecule is CCOc1cccc(CNCc2csc(C)n2)c1OC. The van der Waals surface area contributed by atoms with Gasteiger partial charge in [0, 0.05) is 24.0 Å². The summed E-state index contributed by atoms with van der Waals surface area (Å²) in [4.78, 5) is 4.43. The Bertz CT molecular complexity index is 555. The van der Waals surface area contributed by atoms with Crippen LogP contribution in [0, 0.1) is 6.92 Å². The van der Waals surface area contributed by atoms with E-state index in [1.165, 1.54) is 0 Å². The zero-order valence-corrected chi connectivity index (χ0v) is 12.9. The first-order chi connectivity index (χ1) is 9.74. The Hall–Kier alpha value is -1.59. The van der Waals surface area contributed by atoms with E-state index in [0.717, 1.165) is 40.9 Å². The third kappa shape index (κ3) is 3.71. The number of ether oxygens (including phenoxy) is 2. The third-order valence-corrected chi connectivity index (χ3v) is 3.67. The Balaban J connectivity index is 1.99. The van der Waals surface area contributed by atoms with Crippen LogP contribution in [0.2, 0.25) is 0 Å². The minimum Gasteiger partial charge on any atom is -0.493 e. The van der Waals surface area contributed by atoms with Gasteiger partial charge in [-0.3, -0.25) is 0 Å². The van der Waals surface area contributed by atoms with Crippen molar-refractivity contribution in [2.75, 3.05) is 13.7 Å². The summed E-state index contributed by atoms with van der Waals surface area (Å²) in [6.45, 7) is 6.09. The van der Waals surface area contributed by atoms with Gasteiger partial charge in [0.25, 0.3) is 0 Å². The van der Waals surface area contributed by atoms with E-state index in [4.69, 9.17) is 9.47 Å². The zero-order chi connectivity index (χ0) is 14.4. The van der Waals surface area contributed by atoms with Gasteiger partial charge in [-0.2, -0.15) is 0 Å². The van der Waals surface area contributed by atoms with Gasteiger partial charge in [-0.25, -0.2) is 4.98 Å². The maximum Gasteiger partial charge on any atom is 0.165 e. The monoisotopic (exact) mass is 292 g/mol. The molecule has 2 aromatic rings. The highest BCUT2D eigenvalue weighted by Gasteiger charge is 2.09. The molecular weight excluding hydrogens is 272 g/mol. The van der Waals surface area contributed by atoms with E-state index in [-0.39, 0.29) is 0 Å². The summed E-state index contributed by atoms with van der Waals surface area (Å²) in [5.74, 6) is 1.59. The molecule has 1 N–H and O–H groups in total. The Morgan fingerprint density at radius 2 is 2.15 bits per heavy atom. The average molecular weight is 292 g/mol. The molecule has 1 aromatic carbocycles. The molecule has 0 amide bonds. The van der Waals surface area contributed by atoms with E-state index in [2.05, 4.69) is 15.7 Å². The first-order valence-electron chi connectivity index (χ1n) is 6.65. The van der Waals surface area contributed by atoms with Crippen LogP contribution in [-0.2, 0) is 13.1 Å². The summed E-state index contributed by atoms with van der Waals surface area (Å²) in [7, 11) is 1.67. The molecule has 0 aliphatic carbocycles.